The van der Waals surface area contributed by atoms with Gasteiger partial charge in [-0.1, -0.05) is 38.1 Å². The Morgan fingerprint density at radius 2 is 2.04 bits per heavy atom. The van der Waals surface area contributed by atoms with Gasteiger partial charge in [-0.3, -0.25) is 9.78 Å². The summed E-state index contributed by atoms with van der Waals surface area (Å²) in [6, 6.07) is 9.50. The summed E-state index contributed by atoms with van der Waals surface area (Å²) in [5.41, 5.74) is 4.39. The summed E-state index contributed by atoms with van der Waals surface area (Å²) in [5, 5.41) is 5.90. The molecular weight excluding hydrogens is 362 g/mol. The van der Waals surface area contributed by atoms with Crippen LogP contribution in [-0.2, 0) is 24.2 Å². The molecule has 0 aliphatic carbocycles. The lowest BCUT2D eigenvalue weighted by Crippen LogP contribution is -2.23. The van der Waals surface area contributed by atoms with E-state index in [-0.39, 0.29) is 11.9 Å². The van der Waals surface area contributed by atoms with Gasteiger partial charge >= 0.3 is 0 Å². The van der Waals surface area contributed by atoms with Crippen LogP contribution in [0.5, 0.6) is 0 Å². The molecule has 7 heteroatoms. The molecule has 2 unspecified atom stereocenters. The highest BCUT2D eigenvalue weighted by Crippen LogP contribution is 2.29. The number of carbonyl (C=O) groups is 1. The molecule has 144 valence electrons. The van der Waals surface area contributed by atoms with Crippen molar-refractivity contribution in [2.45, 2.75) is 45.2 Å². The normalized spacial score (nSPS) is 18.2. The van der Waals surface area contributed by atoms with Crippen molar-refractivity contribution < 1.29 is 13.6 Å². The van der Waals surface area contributed by atoms with E-state index in [0.29, 0.717) is 18.0 Å². The van der Waals surface area contributed by atoms with Gasteiger partial charge in [0.2, 0.25) is 0 Å². The van der Waals surface area contributed by atoms with Crippen molar-refractivity contribution in [1.29, 1.82) is 0 Å². The Labute approximate surface area is 162 Å². The van der Waals surface area contributed by atoms with Crippen molar-refractivity contribution in [3.05, 3.63) is 64.5 Å². The number of hydrogen-bond donors (Lipinski definition) is 3. The van der Waals surface area contributed by atoms with E-state index in [1.165, 1.54) is 0 Å². The molecule has 0 spiro atoms. The first-order valence-electron chi connectivity index (χ1n) is 9.05. The van der Waals surface area contributed by atoms with Crippen molar-refractivity contribution in [2.75, 3.05) is 0 Å². The van der Waals surface area contributed by atoms with Crippen LogP contribution in [-0.4, -0.2) is 19.7 Å². The van der Waals surface area contributed by atoms with Crippen molar-refractivity contribution >= 4 is 17.0 Å². The van der Waals surface area contributed by atoms with Crippen LogP contribution in [0.1, 0.15) is 64.8 Å². The lowest BCUT2D eigenvalue weighted by Gasteiger charge is -2.15. The molecule has 0 radical (unpaired) electrons. The summed E-state index contributed by atoms with van der Waals surface area (Å²) in [7, 11) is 0. The number of hydrogen-bond acceptors (Lipinski definition) is 4. The van der Waals surface area contributed by atoms with Gasteiger partial charge < -0.3 is 15.2 Å². The van der Waals surface area contributed by atoms with Gasteiger partial charge in [0.05, 0.1) is 22.5 Å². The highest BCUT2D eigenvalue weighted by Gasteiger charge is 2.26. The molecule has 0 saturated carbocycles. The lowest BCUT2D eigenvalue weighted by molar-refractivity contribution is 0.0950. The van der Waals surface area contributed by atoms with E-state index in [4.69, 9.17) is 4.55 Å². The summed E-state index contributed by atoms with van der Waals surface area (Å²) >= 11 is -1.89. The van der Waals surface area contributed by atoms with Crippen molar-refractivity contribution in [3.8, 4) is 0 Å². The highest BCUT2D eigenvalue weighted by molar-refractivity contribution is 7.79. The summed E-state index contributed by atoms with van der Waals surface area (Å²) in [6.07, 6.45) is 1.64. The minimum Gasteiger partial charge on any atom is -0.348 e. The van der Waals surface area contributed by atoms with Crippen LogP contribution in [0, 0.1) is 5.92 Å². The maximum Gasteiger partial charge on any atom is 0.253 e. The molecule has 1 aromatic carbocycles. The van der Waals surface area contributed by atoms with Gasteiger partial charge in [0, 0.05) is 19.3 Å². The molecule has 3 N–H and O–H groups in total. The Kier molecular flexibility index (Phi) is 6.04. The molecule has 3 rings (SSSR count). The average Bonchev–Trinajstić information content (AvgIpc) is 3.09. The smallest absolute Gasteiger partial charge is 0.253 e. The second-order valence-electron chi connectivity index (χ2n) is 7.21. The zero-order valence-corrected chi connectivity index (χ0v) is 16.5. The molecule has 0 saturated heterocycles. The SMILES string of the molecule is CC(C)[C@@H]1NCc2cc(C(=O)NCc3ccc(C(C)S(=O)O)cc3)cnc21. The Bertz CT molecular complexity index is 852. The Balaban J connectivity index is 1.62. The van der Waals surface area contributed by atoms with Crippen molar-refractivity contribution in [1.82, 2.24) is 15.6 Å². The molecular formula is C20H25N3O3S. The molecule has 0 bridgehead atoms. The number of carbonyl (C=O) groups excluding carboxylic acids is 1. The van der Waals surface area contributed by atoms with Crippen molar-refractivity contribution in [2.24, 2.45) is 5.92 Å². The van der Waals surface area contributed by atoms with E-state index in [9.17, 15) is 9.00 Å². The maximum atomic E-state index is 12.5. The third kappa shape index (κ3) is 4.43. The quantitative estimate of drug-likeness (QED) is 0.663. The number of nitrogens with one attached hydrogen (secondary N) is 2. The Hall–Kier alpha value is -2.09. The minimum absolute atomic E-state index is 0.160. The van der Waals surface area contributed by atoms with Gasteiger partial charge in [-0.05, 0) is 35.6 Å². The van der Waals surface area contributed by atoms with Gasteiger partial charge in [0.1, 0.15) is 0 Å². The van der Waals surface area contributed by atoms with E-state index < -0.39 is 16.3 Å². The number of fused-ring (bicyclic) bond motifs is 1. The molecule has 2 heterocycles. The molecule has 1 aromatic heterocycles. The standard InChI is InChI=1S/C20H25N3O3S/c1-12(2)18-19-16(10-21-18)8-17(11-22-19)20(24)23-9-14-4-6-15(7-5-14)13(3)27(25)26/h4-8,11-13,18,21H,9-10H2,1-3H3,(H,23,24)(H,25,26)/t13?,18-/m0/s1. The number of nitrogens with zero attached hydrogens (tertiary/aromatic N) is 1. The first kappa shape index (κ1) is 19.7. The number of rotatable bonds is 6. The van der Waals surface area contributed by atoms with Crippen LogP contribution in [0.25, 0.3) is 0 Å². The number of aromatic nitrogens is 1. The van der Waals surface area contributed by atoms with Crippen LogP contribution in [0.3, 0.4) is 0 Å². The van der Waals surface area contributed by atoms with Crippen molar-refractivity contribution in [3.63, 3.8) is 0 Å². The number of benzene rings is 1. The first-order valence-corrected chi connectivity index (χ1v) is 10.2. The fourth-order valence-electron chi connectivity index (χ4n) is 3.24. The van der Waals surface area contributed by atoms with Crippen LogP contribution in [0.2, 0.25) is 0 Å². The van der Waals surface area contributed by atoms with Gasteiger partial charge in [-0.2, -0.15) is 0 Å². The number of pyridine rings is 1. The molecule has 3 atom stereocenters. The van der Waals surface area contributed by atoms with E-state index in [1.807, 2.05) is 30.3 Å². The van der Waals surface area contributed by atoms with Crippen LogP contribution >= 0.6 is 0 Å². The topological polar surface area (TPSA) is 91.3 Å². The second kappa shape index (κ2) is 8.29. The van der Waals surface area contributed by atoms with Crippen LogP contribution in [0.4, 0.5) is 0 Å². The molecule has 6 nitrogen and oxygen atoms in total. The maximum absolute atomic E-state index is 12.5. The highest BCUT2D eigenvalue weighted by atomic mass is 32.2. The Morgan fingerprint density at radius 3 is 2.67 bits per heavy atom. The predicted molar refractivity (Wildman–Crippen MR) is 105 cm³/mol. The van der Waals surface area contributed by atoms with Crippen LogP contribution in [0.15, 0.2) is 36.5 Å². The fraction of sp³-hybridized carbons (Fsp3) is 0.400. The van der Waals surface area contributed by atoms with E-state index in [2.05, 4.69) is 29.5 Å². The minimum atomic E-state index is -1.89. The molecule has 1 amide bonds. The largest absolute Gasteiger partial charge is 0.348 e. The third-order valence-corrected chi connectivity index (χ3v) is 5.82. The van der Waals surface area contributed by atoms with E-state index in [1.54, 1.807) is 13.1 Å². The zero-order chi connectivity index (χ0) is 19.6. The molecule has 2 aromatic rings. The van der Waals surface area contributed by atoms with Gasteiger partial charge in [0.15, 0.2) is 11.1 Å². The molecule has 27 heavy (non-hydrogen) atoms. The summed E-state index contributed by atoms with van der Waals surface area (Å²) in [4.78, 5) is 17.0. The first-order chi connectivity index (χ1) is 12.9. The van der Waals surface area contributed by atoms with Crippen LogP contribution < -0.4 is 10.6 Å². The summed E-state index contributed by atoms with van der Waals surface area (Å²) < 4.78 is 20.3. The van der Waals surface area contributed by atoms with E-state index >= 15 is 0 Å². The summed E-state index contributed by atoms with van der Waals surface area (Å²) in [6.45, 7) is 7.13. The molecule has 1 aliphatic heterocycles. The third-order valence-electron chi connectivity index (χ3n) is 4.94. The van der Waals surface area contributed by atoms with E-state index in [0.717, 1.165) is 28.9 Å². The zero-order valence-electron chi connectivity index (χ0n) is 15.7. The second-order valence-corrected chi connectivity index (χ2v) is 8.47. The lowest BCUT2D eigenvalue weighted by atomic mass is 10.0. The molecule has 0 fully saturated rings. The molecule has 1 aliphatic rings. The van der Waals surface area contributed by atoms with Gasteiger partial charge in [0.25, 0.3) is 5.91 Å². The fourth-order valence-corrected chi connectivity index (χ4v) is 3.63. The predicted octanol–water partition coefficient (Wildman–Crippen LogP) is 3.09. The Morgan fingerprint density at radius 1 is 1.33 bits per heavy atom. The van der Waals surface area contributed by atoms with Gasteiger partial charge in [-0.25, -0.2) is 4.21 Å². The average molecular weight is 388 g/mol. The monoisotopic (exact) mass is 387 g/mol. The number of amides is 1. The van der Waals surface area contributed by atoms with Gasteiger partial charge in [-0.15, -0.1) is 0 Å². The summed E-state index contributed by atoms with van der Waals surface area (Å²) in [5.74, 6) is 0.291.